The van der Waals surface area contributed by atoms with E-state index in [4.69, 9.17) is 17.0 Å². The molecule has 1 aliphatic rings. The third-order valence-electron chi connectivity index (χ3n) is 7.49. The molecule has 0 spiro atoms. The maximum Gasteiger partial charge on any atom is 0.257 e. The molecule has 0 unspecified atom stereocenters. The number of amides is 2. The number of hydrogen-bond donors (Lipinski definition) is 2. The van der Waals surface area contributed by atoms with Crippen LogP contribution in [0.3, 0.4) is 0 Å². The number of carbonyl (C=O) groups excluding carboxylic acids is 2. The van der Waals surface area contributed by atoms with Gasteiger partial charge in [-0.1, -0.05) is 79.7 Å². The second kappa shape index (κ2) is 15.1. The highest BCUT2D eigenvalue weighted by Crippen LogP contribution is 2.30. The van der Waals surface area contributed by atoms with E-state index in [-0.39, 0.29) is 23.0 Å². The predicted octanol–water partition coefficient (Wildman–Crippen LogP) is 6.91. The lowest BCUT2D eigenvalue weighted by atomic mass is 9.96. The van der Waals surface area contributed by atoms with Crippen LogP contribution in [0.5, 0.6) is 5.75 Å². The first kappa shape index (κ1) is 31.4. The fourth-order valence-corrected chi connectivity index (χ4v) is 6.01. The Morgan fingerprint density at radius 3 is 2.09 bits per heavy atom. The molecule has 0 radical (unpaired) electrons. The van der Waals surface area contributed by atoms with E-state index < -0.39 is 0 Å². The van der Waals surface area contributed by atoms with Gasteiger partial charge in [0.15, 0.2) is 5.11 Å². The van der Waals surface area contributed by atoms with Crippen LogP contribution in [0.15, 0.2) is 108 Å². The Labute approximate surface area is 272 Å². The van der Waals surface area contributed by atoms with Crippen molar-refractivity contribution in [2.24, 2.45) is 0 Å². The third-order valence-corrected chi connectivity index (χ3v) is 8.31. The quantitative estimate of drug-likeness (QED) is 0.189. The van der Waals surface area contributed by atoms with Gasteiger partial charge in [-0.15, -0.1) is 0 Å². The molecule has 1 fully saturated rings. The predicted molar refractivity (Wildman–Crippen MR) is 182 cm³/mol. The lowest BCUT2D eigenvalue weighted by Gasteiger charge is -2.40. The van der Waals surface area contributed by atoms with Crippen LogP contribution in [0.4, 0.5) is 5.69 Å². The molecule has 4 aromatic rings. The number of hydrogen-bond acceptors (Lipinski definition) is 5. The minimum atomic E-state index is -0.364. The van der Waals surface area contributed by atoms with E-state index >= 15 is 0 Å². The number of carbonyl (C=O) groups is 2. The summed E-state index contributed by atoms with van der Waals surface area (Å²) in [6, 6.07) is 33.5. The van der Waals surface area contributed by atoms with Gasteiger partial charge in [0.2, 0.25) is 0 Å². The number of piperazine rings is 1. The van der Waals surface area contributed by atoms with Gasteiger partial charge in [0, 0.05) is 31.7 Å². The second-order valence-corrected chi connectivity index (χ2v) is 11.8. The summed E-state index contributed by atoms with van der Waals surface area (Å²) in [4.78, 5) is 30.9. The Kier molecular flexibility index (Phi) is 10.8. The van der Waals surface area contributed by atoms with Crippen molar-refractivity contribution < 1.29 is 14.3 Å². The first-order valence-corrected chi connectivity index (χ1v) is 15.9. The molecule has 1 saturated heterocycles. The van der Waals surface area contributed by atoms with Gasteiger partial charge >= 0.3 is 0 Å². The topological polar surface area (TPSA) is 73.9 Å². The van der Waals surface area contributed by atoms with Crippen molar-refractivity contribution in [3.8, 4) is 5.75 Å². The molecule has 7 nitrogen and oxygen atoms in total. The lowest BCUT2D eigenvalue weighted by molar-refractivity contribution is 0.0598. The van der Waals surface area contributed by atoms with Gasteiger partial charge in [0.1, 0.15) is 5.75 Å². The molecule has 2 amide bonds. The molecular formula is C35H35BrN4O3S. The average molecular weight is 672 g/mol. The molecule has 5 rings (SSSR count). The minimum Gasteiger partial charge on any atom is -0.492 e. The first-order chi connectivity index (χ1) is 21.4. The van der Waals surface area contributed by atoms with Crippen molar-refractivity contribution in [2.45, 2.75) is 19.4 Å². The van der Waals surface area contributed by atoms with E-state index in [0.717, 1.165) is 19.5 Å². The van der Waals surface area contributed by atoms with Crippen LogP contribution >= 0.6 is 28.1 Å². The van der Waals surface area contributed by atoms with Crippen LogP contribution in [0, 0.1) is 0 Å². The molecule has 0 bridgehead atoms. The Morgan fingerprint density at radius 2 is 1.48 bits per heavy atom. The lowest BCUT2D eigenvalue weighted by Crippen LogP contribution is -2.50. The Bertz CT molecular complexity index is 1550. The van der Waals surface area contributed by atoms with Gasteiger partial charge in [0.25, 0.3) is 11.8 Å². The highest BCUT2D eigenvalue weighted by Gasteiger charge is 2.29. The van der Waals surface area contributed by atoms with Crippen LogP contribution in [0.25, 0.3) is 0 Å². The number of halogens is 1. The number of nitrogens with zero attached hydrogens (tertiary/aromatic N) is 2. The summed E-state index contributed by atoms with van der Waals surface area (Å²) < 4.78 is 6.36. The van der Waals surface area contributed by atoms with Gasteiger partial charge in [-0.25, -0.2) is 0 Å². The number of benzene rings is 4. The molecule has 0 saturated carbocycles. The number of para-hydroxylation sites is 1. The molecule has 226 valence electrons. The third kappa shape index (κ3) is 7.72. The largest absolute Gasteiger partial charge is 0.492 e. The monoisotopic (exact) mass is 670 g/mol. The maximum absolute atomic E-state index is 13.7. The van der Waals surface area contributed by atoms with Crippen molar-refractivity contribution in [1.29, 1.82) is 0 Å². The molecule has 0 atom stereocenters. The summed E-state index contributed by atoms with van der Waals surface area (Å²) in [7, 11) is 0. The second-order valence-electron chi connectivity index (χ2n) is 10.5. The van der Waals surface area contributed by atoms with Gasteiger partial charge in [-0.2, -0.15) is 0 Å². The van der Waals surface area contributed by atoms with E-state index in [0.29, 0.717) is 46.7 Å². The Hall–Kier alpha value is -4.05. The van der Waals surface area contributed by atoms with Crippen LogP contribution in [-0.2, 0) is 0 Å². The van der Waals surface area contributed by atoms with Gasteiger partial charge in [-0.3, -0.25) is 19.8 Å². The van der Waals surface area contributed by atoms with Crippen molar-refractivity contribution >= 4 is 50.8 Å². The molecule has 44 heavy (non-hydrogen) atoms. The summed E-state index contributed by atoms with van der Waals surface area (Å²) in [6.07, 6.45) is 0.887. The maximum atomic E-state index is 13.7. The zero-order chi connectivity index (χ0) is 30.9. The number of ether oxygens (including phenoxy) is 1. The van der Waals surface area contributed by atoms with Crippen LogP contribution < -0.4 is 15.4 Å². The highest BCUT2D eigenvalue weighted by atomic mass is 79.9. The van der Waals surface area contributed by atoms with Crippen molar-refractivity contribution in [3.05, 3.63) is 130 Å². The average Bonchev–Trinajstić information content (AvgIpc) is 3.05. The fraction of sp³-hybridized carbons (Fsp3) is 0.229. The van der Waals surface area contributed by atoms with Crippen LogP contribution in [0.1, 0.15) is 51.2 Å². The fourth-order valence-electron chi connectivity index (χ4n) is 5.32. The van der Waals surface area contributed by atoms with E-state index in [1.165, 1.54) is 11.1 Å². The summed E-state index contributed by atoms with van der Waals surface area (Å²) in [5.41, 5.74) is 3.94. The summed E-state index contributed by atoms with van der Waals surface area (Å²) >= 11 is 8.92. The molecule has 1 heterocycles. The molecule has 0 aromatic heterocycles. The standard InChI is InChI=1S/C35H35BrN4O3S/c1-2-23-43-31-18-17-27(24-29(31)36)33(41)38-35(44)37-30-16-10-9-15-28(30)34(42)40-21-19-39(20-22-40)32(25-11-5-3-6-12-25)26-13-7-4-8-14-26/h3-18,24,32H,2,19-23H2,1H3,(H2,37,38,41,44). The van der Waals surface area contributed by atoms with Crippen LogP contribution in [0.2, 0.25) is 0 Å². The Morgan fingerprint density at radius 1 is 0.864 bits per heavy atom. The molecule has 1 aliphatic heterocycles. The molecule has 9 heteroatoms. The van der Waals surface area contributed by atoms with E-state index in [9.17, 15) is 9.59 Å². The van der Waals surface area contributed by atoms with Crippen molar-refractivity contribution in [1.82, 2.24) is 15.1 Å². The van der Waals surface area contributed by atoms with E-state index in [2.05, 4.69) is 80.0 Å². The van der Waals surface area contributed by atoms with Crippen LogP contribution in [-0.4, -0.2) is 59.5 Å². The SMILES string of the molecule is CCCOc1ccc(C(=O)NC(=S)Nc2ccccc2C(=O)N2CCN(C(c3ccccc3)c3ccccc3)CC2)cc1Br. The number of anilines is 1. The number of nitrogens with one attached hydrogen (secondary N) is 2. The zero-order valence-corrected chi connectivity index (χ0v) is 26.9. The van der Waals surface area contributed by atoms with Gasteiger partial charge in [0.05, 0.1) is 28.4 Å². The van der Waals surface area contributed by atoms with Crippen molar-refractivity contribution in [2.75, 3.05) is 38.1 Å². The zero-order valence-electron chi connectivity index (χ0n) is 24.5. The number of rotatable bonds is 9. The normalized spacial score (nSPS) is 13.4. The van der Waals surface area contributed by atoms with E-state index in [1.807, 2.05) is 36.1 Å². The first-order valence-electron chi connectivity index (χ1n) is 14.7. The summed E-state index contributed by atoms with van der Waals surface area (Å²) in [5.74, 6) is 0.231. The van der Waals surface area contributed by atoms with E-state index in [1.54, 1.807) is 30.3 Å². The van der Waals surface area contributed by atoms with Gasteiger partial charge < -0.3 is 15.0 Å². The number of thiocarbonyl (C=S) groups is 1. The summed E-state index contributed by atoms with van der Waals surface area (Å²) in [6.45, 7) is 5.29. The molecule has 0 aliphatic carbocycles. The highest BCUT2D eigenvalue weighted by molar-refractivity contribution is 9.10. The molecule has 2 N–H and O–H groups in total. The summed E-state index contributed by atoms with van der Waals surface area (Å²) in [5, 5.41) is 5.89. The van der Waals surface area contributed by atoms with Crippen molar-refractivity contribution in [3.63, 3.8) is 0 Å². The smallest absolute Gasteiger partial charge is 0.257 e. The molecular weight excluding hydrogens is 636 g/mol. The molecule has 4 aromatic carbocycles. The van der Waals surface area contributed by atoms with Gasteiger partial charge in [-0.05, 0) is 76.0 Å². The Balaban J connectivity index is 1.22. The minimum absolute atomic E-state index is 0.0792.